The summed E-state index contributed by atoms with van der Waals surface area (Å²) in [6.45, 7) is 1.94. The van der Waals surface area contributed by atoms with Gasteiger partial charge in [0.1, 0.15) is 0 Å². The molecule has 3 heteroatoms. The molecule has 0 amide bonds. The minimum atomic E-state index is 0.00426. The third kappa shape index (κ3) is 1.31. The van der Waals surface area contributed by atoms with E-state index in [4.69, 9.17) is 5.73 Å². The molecular formula is C10H13N3. The van der Waals surface area contributed by atoms with Crippen molar-refractivity contribution in [1.82, 2.24) is 9.55 Å². The number of hydrogen-bond donors (Lipinski definition) is 1. The minimum Gasteiger partial charge on any atom is -0.349 e. The molecular weight excluding hydrogens is 162 g/mol. The van der Waals surface area contributed by atoms with Gasteiger partial charge in [0.2, 0.25) is 0 Å². The maximum atomic E-state index is 5.74. The molecule has 0 aliphatic carbocycles. The van der Waals surface area contributed by atoms with Gasteiger partial charge in [-0.1, -0.05) is 0 Å². The highest BCUT2D eigenvalue weighted by atomic mass is 14.9. The zero-order valence-electron chi connectivity index (χ0n) is 7.86. The van der Waals surface area contributed by atoms with Crippen LogP contribution in [0.2, 0.25) is 0 Å². The number of rotatable bonds is 1. The first-order valence-electron chi connectivity index (χ1n) is 4.36. The number of nitrogens with zero attached hydrogens (tertiary/aromatic N) is 2. The van der Waals surface area contributed by atoms with Gasteiger partial charge in [0, 0.05) is 19.3 Å². The van der Waals surface area contributed by atoms with Crippen molar-refractivity contribution in [2.24, 2.45) is 12.8 Å². The van der Waals surface area contributed by atoms with Gasteiger partial charge in [-0.25, -0.2) is 4.98 Å². The van der Waals surface area contributed by atoms with E-state index in [0.717, 1.165) is 16.7 Å². The highest BCUT2D eigenvalue weighted by molar-refractivity contribution is 5.75. The molecule has 0 radical (unpaired) electrons. The van der Waals surface area contributed by atoms with Crippen LogP contribution in [-0.2, 0) is 7.05 Å². The predicted molar refractivity (Wildman–Crippen MR) is 53.3 cm³/mol. The highest BCUT2D eigenvalue weighted by Crippen LogP contribution is 2.15. The molecule has 2 N–H and O–H groups in total. The van der Waals surface area contributed by atoms with Crippen LogP contribution < -0.4 is 5.73 Å². The molecule has 2 rings (SSSR count). The van der Waals surface area contributed by atoms with E-state index < -0.39 is 0 Å². The summed E-state index contributed by atoms with van der Waals surface area (Å²) < 4.78 is 2.05. The summed E-state index contributed by atoms with van der Waals surface area (Å²) in [6.07, 6.45) is 2.00. The van der Waals surface area contributed by atoms with Crippen LogP contribution in [0.4, 0.5) is 0 Å². The molecule has 1 unspecified atom stereocenters. The Morgan fingerprint density at radius 3 is 2.85 bits per heavy atom. The van der Waals surface area contributed by atoms with E-state index >= 15 is 0 Å². The lowest BCUT2D eigenvalue weighted by Gasteiger charge is -2.04. The number of aromatic nitrogens is 2. The number of hydrogen-bond acceptors (Lipinski definition) is 2. The summed E-state index contributed by atoms with van der Waals surface area (Å²) in [5, 5.41) is 0. The predicted octanol–water partition coefficient (Wildman–Crippen LogP) is 1.59. The van der Waals surface area contributed by atoms with Gasteiger partial charge in [-0.15, -0.1) is 0 Å². The van der Waals surface area contributed by atoms with E-state index in [-0.39, 0.29) is 6.04 Å². The van der Waals surface area contributed by atoms with Crippen molar-refractivity contribution < 1.29 is 0 Å². The fourth-order valence-corrected chi connectivity index (χ4v) is 1.42. The zero-order chi connectivity index (χ0) is 9.42. The highest BCUT2D eigenvalue weighted by Gasteiger charge is 2.03. The van der Waals surface area contributed by atoms with Crippen LogP contribution in [0.1, 0.15) is 18.7 Å². The molecule has 2 heterocycles. The summed E-state index contributed by atoms with van der Waals surface area (Å²) in [5.74, 6) is 0. The maximum Gasteiger partial charge on any atom is 0.0884 e. The van der Waals surface area contributed by atoms with Crippen molar-refractivity contribution in [2.45, 2.75) is 13.0 Å². The second kappa shape index (κ2) is 2.85. The smallest absolute Gasteiger partial charge is 0.0884 e. The molecule has 0 aliphatic heterocycles. The van der Waals surface area contributed by atoms with E-state index in [9.17, 15) is 0 Å². The molecule has 0 saturated heterocycles. The third-order valence-electron chi connectivity index (χ3n) is 2.23. The Kier molecular flexibility index (Phi) is 1.81. The normalized spacial score (nSPS) is 13.5. The van der Waals surface area contributed by atoms with E-state index in [0.29, 0.717) is 0 Å². The van der Waals surface area contributed by atoms with Gasteiger partial charge in [0.15, 0.2) is 0 Å². The molecule has 0 bridgehead atoms. The Morgan fingerprint density at radius 2 is 2.15 bits per heavy atom. The fourth-order valence-electron chi connectivity index (χ4n) is 1.42. The first-order chi connectivity index (χ1) is 6.18. The van der Waals surface area contributed by atoms with Crippen molar-refractivity contribution in [3.8, 4) is 0 Å². The summed E-state index contributed by atoms with van der Waals surface area (Å²) in [6, 6.07) is 6.04. The number of pyridine rings is 1. The number of nitrogens with two attached hydrogens (primary N) is 1. The molecule has 0 spiro atoms. The van der Waals surface area contributed by atoms with E-state index in [1.54, 1.807) is 0 Å². The van der Waals surface area contributed by atoms with E-state index in [1.807, 2.05) is 36.9 Å². The Balaban J connectivity index is 2.63. The van der Waals surface area contributed by atoms with Crippen molar-refractivity contribution in [2.75, 3.05) is 0 Å². The van der Waals surface area contributed by atoms with Crippen LogP contribution in [0.25, 0.3) is 11.0 Å². The van der Waals surface area contributed by atoms with Crippen molar-refractivity contribution in [3.05, 3.63) is 30.1 Å². The monoisotopic (exact) mass is 175 g/mol. The summed E-state index contributed by atoms with van der Waals surface area (Å²) in [7, 11) is 2.01. The number of fused-ring (bicyclic) bond motifs is 1. The lowest BCUT2D eigenvalue weighted by Crippen LogP contribution is -2.06. The minimum absolute atomic E-state index is 0.00426. The maximum absolute atomic E-state index is 5.74. The van der Waals surface area contributed by atoms with Crippen LogP contribution >= 0.6 is 0 Å². The summed E-state index contributed by atoms with van der Waals surface area (Å²) >= 11 is 0. The summed E-state index contributed by atoms with van der Waals surface area (Å²) in [4.78, 5) is 4.45. The van der Waals surface area contributed by atoms with Gasteiger partial charge in [-0.2, -0.15) is 0 Å². The van der Waals surface area contributed by atoms with Crippen molar-refractivity contribution in [1.29, 1.82) is 0 Å². The van der Waals surface area contributed by atoms with Gasteiger partial charge in [-0.3, -0.25) is 0 Å². The first-order valence-corrected chi connectivity index (χ1v) is 4.36. The van der Waals surface area contributed by atoms with Gasteiger partial charge in [0.25, 0.3) is 0 Å². The van der Waals surface area contributed by atoms with Crippen molar-refractivity contribution >= 4 is 11.0 Å². The Bertz CT molecular complexity index is 429. The molecule has 0 saturated carbocycles. The summed E-state index contributed by atoms with van der Waals surface area (Å²) in [5.41, 5.74) is 8.84. The SMILES string of the molecule is CC(N)c1ccc2c(ccn2C)n1. The van der Waals surface area contributed by atoms with Gasteiger partial charge in [-0.05, 0) is 25.1 Å². The van der Waals surface area contributed by atoms with Crippen LogP contribution in [-0.4, -0.2) is 9.55 Å². The first kappa shape index (κ1) is 8.26. The van der Waals surface area contributed by atoms with Crippen LogP contribution in [0.15, 0.2) is 24.4 Å². The zero-order valence-corrected chi connectivity index (χ0v) is 7.86. The van der Waals surface area contributed by atoms with Crippen LogP contribution in [0.5, 0.6) is 0 Å². The largest absolute Gasteiger partial charge is 0.349 e. The van der Waals surface area contributed by atoms with E-state index in [1.165, 1.54) is 0 Å². The number of aryl methyl sites for hydroxylation is 1. The topological polar surface area (TPSA) is 43.8 Å². The van der Waals surface area contributed by atoms with Gasteiger partial charge < -0.3 is 10.3 Å². The standard InChI is InChI=1S/C10H13N3/c1-7(11)8-3-4-10-9(12-8)5-6-13(10)2/h3-7H,11H2,1-2H3. The van der Waals surface area contributed by atoms with Crippen LogP contribution in [0, 0.1) is 0 Å². The van der Waals surface area contributed by atoms with E-state index in [2.05, 4.69) is 11.1 Å². The molecule has 13 heavy (non-hydrogen) atoms. The Labute approximate surface area is 77.2 Å². The molecule has 68 valence electrons. The molecule has 2 aromatic rings. The average Bonchev–Trinajstić information content (AvgIpc) is 2.47. The lowest BCUT2D eigenvalue weighted by atomic mass is 10.2. The molecule has 3 nitrogen and oxygen atoms in total. The second-order valence-electron chi connectivity index (χ2n) is 3.36. The average molecular weight is 175 g/mol. The third-order valence-corrected chi connectivity index (χ3v) is 2.23. The molecule has 2 aromatic heterocycles. The molecule has 0 aliphatic rings. The fraction of sp³-hybridized carbons (Fsp3) is 0.300. The second-order valence-corrected chi connectivity index (χ2v) is 3.36. The van der Waals surface area contributed by atoms with Crippen LogP contribution in [0.3, 0.4) is 0 Å². The Morgan fingerprint density at radius 1 is 1.38 bits per heavy atom. The van der Waals surface area contributed by atoms with Gasteiger partial charge >= 0.3 is 0 Å². The molecule has 0 aromatic carbocycles. The molecule has 0 fully saturated rings. The quantitative estimate of drug-likeness (QED) is 0.715. The van der Waals surface area contributed by atoms with Gasteiger partial charge in [0.05, 0.1) is 16.7 Å². The molecule has 1 atom stereocenters. The van der Waals surface area contributed by atoms with Crippen molar-refractivity contribution in [3.63, 3.8) is 0 Å². The Hall–Kier alpha value is -1.35. The lowest BCUT2D eigenvalue weighted by molar-refractivity contribution is 0.786.